The molecular formula is C16H12ClN2O2P. The first-order valence-corrected chi connectivity index (χ1v) is 9.21. The van der Waals surface area contributed by atoms with E-state index in [9.17, 15) is 9.36 Å². The maximum atomic E-state index is 13.0. The minimum atomic E-state index is -3.46. The van der Waals surface area contributed by atoms with Gasteiger partial charge in [0.1, 0.15) is 0 Å². The summed E-state index contributed by atoms with van der Waals surface area (Å²) in [6.07, 6.45) is 2.90. The molecule has 3 aromatic rings. The molecule has 22 heavy (non-hydrogen) atoms. The van der Waals surface area contributed by atoms with Gasteiger partial charge in [-0.15, -0.1) is 0 Å². The van der Waals surface area contributed by atoms with Gasteiger partial charge in [-0.1, -0.05) is 36.4 Å². The Balaban J connectivity index is 2.07. The fourth-order valence-electron chi connectivity index (χ4n) is 2.12. The van der Waals surface area contributed by atoms with Crippen molar-refractivity contribution in [1.29, 1.82) is 0 Å². The highest BCUT2D eigenvalue weighted by molar-refractivity contribution is 8.00. The molecule has 110 valence electrons. The van der Waals surface area contributed by atoms with Crippen molar-refractivity contribution in [1.82, 2.24) is 9.55 Å². The number of imidazole rings is 1. The summed E-state index contributed by atoms with van der Waals surface area (Å²) in [6, 6.07) is 17.4. The number of aromatic nitrogens is 2. The van der Waals surface area contributed by atoms with Crippen LogP contribution >= 0.6 is 17.7 Å². The minimum Gasteiger partial charge on any atom is -0.293 e. The molecule has 0 spiro atoms. The van der Waals surface area contributed by atoms with Gasteiger partial charge in [0.15, 0.2) is 5.57 Å². The number of benzene rings is 2. The Bertz CT molecular complexity index is 847. The van der Waals surface area contributed by atoms with Gasteiger partial charge in [0.05, 0.1) is 0 Å². The van der Waals surface area contributed by atoms with E-state index in [1.807, 2.05) is 12.1 Å². The third kappa shape index (κ3) is 2.63. The largest absolute Gasteiger partial charge is 0.293 e. The van der Waals surface area contributed by atoms with Crippen molar-refractivity contribution in [3.05, 3.63) is 78.6 Å². The summed E-state index contributed by atoms with van der Waals surface area (Å²) in [5.74, 6) is -0.315. The monoisotopic (exact) mass is 330 g/mol. The van der Waals surface area contributed by atoms with Crippen LogP contribution in [0.2, 0.25) is 0 Å². The normalized spacial score (nSPS) is 13.5. The van der Waals surface area contributed by atoms with Gasteiger partial charge >= 0.3 is 0 Å². The summed E-state index contributed by atoms with van der Waals surface area (Å²) < 4.78 is 14.2. The van der Waals surface area contributed by atoms with Gasteiger partial charge in [-0.3, -0.25) is 13.9 Å². The number of carbonyl (C=O) groups is 1. The molecule has 0 saturated carbocycles. The van der Waals surface area contributed by atoms with Crippen molar-refractivity contribution in [3.8, 4) is 0 Å². The predicted octanol–water partition coefficient (Wildman–Crippen LogP) is 3.04. The summed E-state index contributed by atoms with van der Waals surface area (Å²) in [7, 11) is 0. The number of hydrogen-bond acceptors (Lipinski definition) is 3. The molecule has 6 heteroatoms. The van der Waals surface area contributed by atoms with Gasteiger partial charge in [0.2, 0.25) is 0 Å². The highest BCUT2D eigenvalue weighted by atomic mass is 35.7. The van der Waals surface area contributed by atoms with Crippen LogP contribution in [0.1, 0.15) is 10.4 Å². The highest BCUT2D eigenvalue weighted by Gasteiger charge is 2.31. The molecule has 3 rings (SSSR count). The van der Waals surface area contributed by atoms with Crippen LogP contribution in [0.4, 0.5) is 0 Å². The van der Waals surface area contributed by atoms with Crippen molar-refractivity contribution in [2.75, 3.05) is 0 Å². The smallest absolute Gasteiger partial charge is 0.263 e. The van der Waals surface area contributed by atoms with Gasteiger partial charge in [-0.2, -0.15) is 0 Å². The molecule has 1 heterocycles. The number of halogens is 1. The van der Waals surface area contributed by atoms with Crippen molar-refractivity contribution in [2.24, 2.45) is 0 Å². The molecule has 1 atom stereocenters. The molecule has 0 aliphatic carbocycles. The molecule has 0 N–H and O–H groups in total. The van der Waals surface area contributed by atoms with Crippen molar-refractivity contribution in [3.63, 3.8) is 0 Å². The molecule has 0 radical (unpaired) electrons. The van der Waals surface area contributed by atoms with Crippen LogP contribution in [-0.2, 0) is 4.57 Å². The maximum absolute atomic E-state index is 13.0. The van der Waals surface area contributed by atoms with E-state index in [0.29, 0.717) is 10.9 Å². The van der Waals surface area contributed by atoms with E-state index in [4.69, 9.17) is 11.2 Å². The van der Waals surface area contributed by atoms with Crippen LogP contribution in [0.15, 0.2) is 73.1 Å². The molecule has 1 unspecified atom stereocenters. The Morgan fingerprint density at radius 3 is 2.23 bits per heavy atom. The second-order valence-corrected chi connectivity index (χ2v) is 8.05. The fraction of sp³-hybridized carbons (Fsp3) is 0. The number of rotatable bonds is 3. The third-order valence-electron chi connectivity index (χ3n) is 3.21. The first kappa shape index (κ1) is 14.8. The lowest BCUT2D eigenvalue weighted by molar-refractivity contribution is 0.0963. The second-order valence-electron chi connectivity index (χ2n) is 4.64. The van der Waals surface area contributed by atoms with Crippen LogP contribution in [0.5, 0.6) is 0 Å². The highest BCUT2D eigenvalue weighted by Crippen LogP contribution is 2.48. The summed E-state index contributed by atoms with van der Waals surface area (Å²) in [5, 5.41) is 0.449. The SMILES string of the molecule is O=C(c1ccccc1)n1ccnc1P(=O)(Cl)c1ccccc1. The second kappa shape index (κ2) is 5.91. The quantitative estimate of drug-likeness (QED) is 0.694. The van der Waals surface area contributed by atoms with E-state index in [2.05, 4.69) is 4.98 Å². The lowest BCUT2D eigenvalue weighted by Crippen LogP contribution is -2.27. The fourth-order valence-corrected chi connectivity index (χ4v) is 4.27. The zero-order chi connectivity index (χ0) is 15.6. The molecule has 0 aliphatic heterocycles. The third-order valence-corrected chi connectivity index (χ3v) is 6.05. The van der Waals surface area contributed by atoms with Crippen molar-refractivity contribution >= 4 is 34.5 Å². The van der Waals surface area contributed by atoms with Crippen molar-refractivity contribution < 1.29 is 9.36 Å². The molecule has 2 aromatic carbocycles. The minimum absolute atomic E-state index is 0.0641. The van der Waals surface area contributed by atoms with E-state index >= 15 is 0 Å². The number of carbonyl (C=O) groups excluding carboxylic acids is 1. The molecule has 0 saturated heterocycles. The zero-order valence-corrected chi connectivity index (χ0v) is 13.1. The maximum Gasteiger partial charge on any atom is 0.263 e. The Morgan fingerprint density at radius 1 is 1.00 bits per heavy atom. The van der Waals surface area contributed by atoms with Crippen LogP contribution in [0, 0.1) is 0 Å². The lowest BCUT2D eigenvalue weighted by Gasteiger charge is -2.12. The number of nitrogens with zero attached hydrogens (tertiary/aromatic N) is 2. The Labute approximate surface area is 132 Å². The van der Waals surface area contributed by atoms with Crippen LogP contribution in [0.25, 0.3) is 0 Å². The van der Waals surface area contributed by atoms with E-state index < -0.39 is 6.49 Å². The molecule has 0 bridgehead atoms. The molecule has 0 fully saturated rings. The standard InChI is InChI=1S/C16H12ClN2O2P/c17-22(21,14-9-5-2-6-10-14)16-18-11-12-19(16)15(20)13-7-3-1-4-8-13/h1-12H. The average molecular weight is 331 g/mol. The predicted molar refractivity (Wildman–Crippen MR) is 87.6 cm³/mol. The van der Waals surface area contributed by atoms with E-state index in [1.165, 1.54) is 17.0 Å². The zero-order valence-electron chi connectivity index (χ0n) is 11.5. The van der Waals surface area contributed by atoms with Crippen molar-refractivity contribution in [2.45, 2.75) is 0 Å². The van der Waals surface area contributed by atoms with Gasteiger partial charge in [-0.25, -0.2) is 4.98 Å². The van der Waals surface area contributed by atoms with Crippen LogP contribution < -0.4 is 10.9 Å². The van der Waals surface area contributed by atoms with Gasteiger partial charge < -0.3 is 0 Å². The molecule has 4 nitrogen and oxygen atoms in total. The molecule has 1 aromatic heterocycles. The van der Waals surface area contributed by atoms with Gasteiger partial charge in [0.25, 0.3) is 12.4 Å². The van der Waals surface area contributed by atoms with E-state index in [0.717, 1.165) is 0 Å². The first-order valence-electron chi connectivity index (χ1n) is 6.59. The summed E-state index contributed by atoms with van der Waals surface area (Å²) >= 11 is 6.29. The Kier molecular flexibility index (Phi) is 3.97. The summed E-state index contributed by atoms with van der Waals surface area (Å²) in [4.78, 5) is 16.6. The number of hydrogen-bond donors (Lipinski definition) is 0. The van der Waals surface area contributed by atoms with Gasteiger partial charge in [-0.05, 0) is 35.5 Å². The average Bonchev–Trinajstić information content (AvgIpc) is 3.06. The first-order chi connectivity index (χ1) is 10.6. The summed E-state index contributed by atoms with van der Waals surface area (Å²) in [6.45, 7) is -3.46. The molecule has 0 amide bonds. The Hall–Kier alpha value is -2.16. The van der Waals surface area contributed by atoms with Crippen LogP contribution in [0.3, 0.4) is 0 Å². The topological polar surface area (TPSA) is 52.0 Å². The van der Waals surface area contributed by atoms with Gasteiger partial charge in [0, 0.05) is 23.3 Å². The Morgan fingerprint density at radius 2 is 1.59 bits per heavy atom. The molecular weight excluding hydrogens is 319 g/mol. The lowest BCUT2D eigenvalue weighted by atomic mass is 10.2. The van der Waals surface area contributed by atoms with Crippen LogP contribution in [-0.4, -0.2) is 15.5 Å². The molecule has 0 aliphatic rings. The van der Waals surface area contributed by atoms with E-state index in [-0.39, 0.29) is 11.5 Å². The summed E-state index contributed by atoms with van der Waals surface area (Å²) in [5.41, 5.74) is 0.542. The van der Waals surface area contributed by atoms with E-state index in [1.54, 1.807) is 48.5 Å².